The molecule has 0 saturated heterocycles. The van der Waals surface area contributed by atoms with Crippen LogP contribution in [-0.2, 0) is 12.8 Å². The maximum absolute atomic E-state index is 4.65. The summed E-state index contributed by atoms with van der Waals surface area (Å²) in [4.78, 5) is 0.868. The lowest BCUT2D eigenvalue weighted by Gasteiger charge is -2.18. The molecule has 0 bridgehead atoms. The van der Waals surface area contributed by atoms with E-state index >= 15 is 0 Å². The van der Waals surface area contributed by atoms with E-state index in [9.17, 15) is 0 Å². The summed E-state index contributed by atoms with van der Waals surface area (Å²) in [5.74, 6) is 0.919. The van der Waals surface area contributed by atoms with Gasteiger partial charge in [0.05, 0.1) is 0 Å². The van der Waals surface area contributed by atoms with Crippen LogP contribution in [0.2, 0.25) is 0 Å². The third-order valence-electron chi connectivity index (χ3n) is 3.66. The molecule has 1 aliphatic heterocycles. The van der Waals surface area contributed by atoms with Crippen molar-refractivity contribution in [1.29, 1.82) is 0 Å². The molecule has 20 heavy (non-hydrogen) atoms. The molecule has 0 amide bonds. The number of benzene rings is 1. The van der Waals surface area contributed by atoms with Crippen LogP contribution < -0.4 is 5.32 Å². The number of nitrogens with one attached hydrogen (secondary N) is 1. The van der Waals surface area contributed by atoms with Gasteiger partial charge in [-0.05, 0) is 36.6 Å². The Bertz CT molecular complexity index is 773. The van der Waals surface area contributed by atoms with Crippen LogP contribution in [0.15, 0.2) is 18.2 Å². The van der Waals surface area contributed by atoms with Crippen LogP contribution in [0.25, 0.3) is 15.5 Å². The normalized spacial score (nSPS) is 14.2. The zero-order valence-electron chi connectivity index (χ0n) is 11.3. The molecule has 0 saturated carbocycles. The van der Waals surface area contributed by atoms with Gasteiger partial charge in [0.15, 0.2) is 5.82 Å². The molecule has 0 radical (unpaired) electrons. The summed E-state index contributed by atoms with van der Waals surface area (Å²) in [6.07, 6.45) is 3.18. The van der Waals surface area contributed by atoms with Crippen LogP contribution in [0.5, 0.6) is 0 Å². The van der Waals surface area contributed by atoms with Crippen molar-refractivity contribution in [3.8, 4) is 10.6 Å². The predicted molar refractivity (Wildman–Crippen MR) is 80.3 cm³/mol. The number of fused-ring (bicyclic) bond motifs is 2. The second-order valence-electron chi connectivity index (χ2n) is 4.97. The second kappa shape index (κ2) is 4.56. The molecular weight excluding hydrogens is 270 g/mol. The van der Waals surface area contributed by atoms with Gasteiger partial charge in [-0.25, -0.2) is 0 Å². The first-order chi connectivity index (χ1) is 9.85. The highest BCUT2D eigenvalue weighted by atomic mass is 32.1. The summed E-state index contributed by atoms with van der Waals surface area (Å²) >= 11 is 1.60. The van der Waals surface area contributed by atoms with Crippen molar-refractivity contribution in [1.82, 2.24) is 19.8 Å². The van der Waals surface area contributed by atoms with Gasteiger partial charge in [-0.15, -0.1) is 10.2 Å². The zero-order chi connectivity index (χ0) is 13.5. The molecule has 0 fully saturated rings. The Morgan fingerprint density at radius 1 is 1.35 bits per heavy atom. The van der Waals surface area contributed by atoms with Gasteiger partial charge in [-0.1, -0.05) is 18.3 Å². The maximum atomic E-state index is 4.65. The molecule has 5 nitrogen and oxygen atoms in total. The number of rotatable bonds is 2. The van der Waals surface area contributed by atoms with Crippen LogP contribution in [-0.4, -0.2) is 26.4 Å². The van der Waals surface area contributed by atoms with E-state index in [1.54, 1.807) is 11.3 Å². The quantitative estimate of drug-likeness (QED) is 0.786. The van der Waals surface area contributed by atoms with Crippen LogP contribution in [0.1, 0.15) is 24.7 Å². The van der Waals surface area contributed by atoms with Crippen molar-refractivity contribution in [2.24, 2.45) is 0 Å². The SMILES string of the molecule is CCc1nnc2sc(-c3ccc4c(c3)CCCN4)nn12. The third kappa shape index (κ3) is 1.79. The Labute approximate surface area is 120 Å². The summed E-state index contributed by atoms with van der Waals surface area (Å²) in [5.41, 5.74) is 3.82. The van der Waals surface area contributed by atoms with Crippen molar-refractivity contribution in [2.45, 2.75) is 26.2 Å². The minimum atomic E-state index is 0.846. The van der Waals surface area contributed by atoms with Gasteiger partial charge in [0.2, 0.25) is 4.96 Å². The zero-order valence-corrected chi connectivity index (χ0v) is 12.1. The number of nitrogens with zero attached hydrogens (tertiary/aromatic N) is 4. The van der Waals surface area contributed by atoms with Crippen molar-refractivity contribution in [3.63, 3.8) is 0 Å². The first-order valence-electron chi connectivity index (χ1n) is 6.93. The predicted octanol–water partition coefficient (Wildman–Crippen LogP) is 2.77. The van der Waals surface area contributed by atoms with E-state index in [1.807, 2.05) is 4.52 Å². The molecule has 3 heterocycles. The molecule has 1 aliphatic rings. The number of aromatic nitrogens is 4. The number of hydrogen-bond donors (Lipinski definition) is 1. The van der Waals surface area contributed by atoms with E-state index in [0.29, 0.717) is 0 Å². The van der Waals surface area contributed by atoms with Crippen LogP contribution >= 0.6 is 11.3 Å². The molecule has 2 aromatic heterocycles. The van der Waals surface area contributed by atoms with E-state index in [-0.39, 0.29) is 0 Å². The van der Waals surface area contributed by atoms with Gasteiger partial charge in [0.1, 0.15) is 5.01 Å². The lowest BCUT2D eigenvalue weighted by Crippen LogP contribution is -2.11. The summed E-state index contributed by atoms with van der Waals surface area (Å²) < 4.78 is 1.86. The molecule has 1 N–H and O–H groups in total. The fourth-order valence-electron chi connectivity index (χ4n) is 2.60. The fraction of sp³-hybridized carbons (Fsp3) is 0.357. The first-order valence-corrected chi connectivity index (χ1v) is 7.75. The minimum absolute atomic E-state index is 0.846. The van der Waals surface area contributed by atoms with Crippen LogP contribution in [0, 0.1) is 0 Å². The van der Waals surface area contributed by atoms with E-state index in [1.165, 1.54) is 23.2 Å². The van der Waals surface area contributed by atoms with Crippen molar-refractivity contribution in [3.05, 3.63) is 29.6 Å². The monoisotopic (exact) mass is 285 g/mol. The average Bonchev–Trinajstić information content (AvgIpc) is 3.06. The Balaban J connectivity index is 1.80. The third-order valence-corrected chi connectivity index (χ3v) is 4.61. The molecule has 6 heteroatoms. The number of hydrogen-bond acceptors (Lipinski definition) is 5. The molecular formula is C14H15N5S. The van der Waals surface area contributed by atoms with Gasteiger partial charge in [-0.2, -0.15) is 9.61 Å². The largest absolute Gasteiger partial charge is 0.385 e. The highest BCUT2D eigenvalue weighted by Crippen LogP contribution is 2.30. The summed E-state index contributed by atoms with van der Waals surface area (Å²) in [6, 6.07) is 6.54. The Morgan fingerprint density at radius 3 is 3.20 bits per heavy atom. The van der Waals surface area contributed by atoms with Gasteiger partial charge in [0.25, 0.3) is 0 Å². The Hall–Kier alpha value is -1.95. The van der Waals surface area contributed by atoms with Crippen molar-refractivity contribution >= 4 is 22.0 Å². The summed E-state index contributed by atoms with van der Waals surface area (Å²) in [5, 5.41) is 17.4. The lowest BCUT2D eigenvalue weighted by molar-refractivity contribution is 0.828. The van der Waals surface area contributed by atoms with Crippen LogP contribution in [0.3, 0.4) is 0 Å². The lowest BCUT2D eigenvalue weighted by atomic mass is 10.0. The molecule has 4 rings (SSSR count). The van der Waals surface area contributed by atoms with E-state index in [2.05, 4.69) is 45.7 Å². The highest BCUT2D eigenvalue weighted by Gasteiger charge is 2.14. The minimum Gasteiger partial charge on any atom is -0.385 e. The molecule has 1 aromatic carbocycles. The van der Waals surface area contributed by atoms with Gasteiger partial charge >= 0.3 is 0 Å². The maximum Gasteiger partial charge on any atom is 0.234 e. The topological polar surface area (TPSA) is 55.1 Å². The second-order valence-corrected chi connectivity index (χ2v) is 5.93. The first kappa shape index (κ1) is 11.8. The molecule has 0 aliphatic carbocycles. The number of aryl methyl sites for hydroxylation is 2. The molecule has 3 aromatic rings. The van der Waals surface area contributed by atoms with E-state index in [4.69, 9.17) is 0 Å². The fourth-order valence-corrected chi connectivity index (χ4v) is 3.46. The number of anilines is 1. The summed E-state index contributed by atoms with van der Waals surface area (Å²) in [7, 11) is 0. The van der Waals surface area contributed by atoms with Crippen molar-refractivity contribution in [2.75, 3.05) is 11.9 Å². The average molecular weight is 285 g/mol. The molecule has 102 valence electrons. The standard InChI is InChI=1S/C14H15N5S/c1-2-12-16-17-14-19(12)18-13(20-14)10-5-6-11-9(8-10)4-3-7-15-11/h5-6,8,15H,2-4,7H2,1H3. The van der Waals surface area contributed by atoms with E-state index < -0.39 is 0 Å². The highest BCUT2D eigenvalue weighted by molar-refractivity contribution is 7.19. The smallest absolute Gasteiger partial charge is 0.234 e. The molecule has 0 unspecified atom stereocenters. The Morgan fingerprint density at radius 2 is 2.30 bits per heavy atom. The van der Waals surface area contributed by atoms with Crippen molar-refractivity contribution < 1.29 is 0 Å². The molecule has 0 atom stereocenters. The summed E-state index contributed by atoms with van der Waals surface area (Å²) in [6.45, 7) is 3.14. The van der Waals surface area contributed by atoms with E-state index in [0.717, 1.165) is 35.2 Å². The molecule has 0 spiro atoms. The van der Waals surface area contributed by atoms with Gasteiger partial charge in [-0.3, -0.25) is 0 Å². The van der Waals surface area contributed by atoms with Gasteiger partial charge < -0.3 is 5.32 Å². The van der Waals surface area contributed by atoms with Gasteiger partial charge in [0, 0.05) is 24.2 Å². The van der Waals surface area contributed by atoms with Crippen LogP contribution in [0.4, 0.5) is 5.69 Å². The Kier molecular flexibility index (Phi) is 2.70.